The van der Waals surface area contributed by atoms with E-state index in [0.29, 0.717) is 24.3 Å². The number of nitro benzene ring substituents is 1. The molecule has 0 aromatic heterocycles. The van der Waals surface area contributed by atoms with Gasteiger partial charge in [0.1, 0.15) is 6.54 Å². The van der Waals surface area contributed by atoms with Crippen LogP contribution in [0.4, 0.5) is 11.4 Å². The first-order valence-corrected chi connectivity index (χ1v) is 7.26. The van der Waals surface area contributed by atoms with Gasteiger partial charge in [-0.2, -0.15) is 0 Å². The molecule has 0 saturated heterocycles. The lowest BCUT2D eigenvalue weighted by Gasteiger charge is -2.28. The van der Waals surface area contributed by atoms with Crippen molar-refractivity contribution in [3.8, 4) is 0 Å². The number of nitro groups is 1. The van der Waals surface area contributed by atoms with Crippen LogP contribution in [0.3, 0.4) is 0 Å². The van der Waals surface area contributed by atoms with E-state index in [9.17, 15) is 19.7 Å². The van der Waals surface area contributed by atoms with Crippen LogP contribution >= 0.6 is 0 Å². The van der Waals surface area contributed by atoms with Crippen molar-refractivity contribution in [2.75, 3.05) is 18.1 Å². The second kappa shape index (κ2) is 7.02. The SMILES string of the molecule is CCCCOC(=O)CN1C(=O)CCc2cc([N+](=O)[O-])ccc21. The van der Waals surface area contributed by atoms with Gasteiger partial charge in [0.15, 0.2) is 0 Å². The molecule has 118 valence electrons. The number of aryl methyl sites for hydroxylation is 1. The molecule has 0 fully saturated rings. The summed E-state index contributed by atoms with van der Waals surface area (Å²) in [6.07, 6.45) is 2.37. The molecule has 0 atom stereocenters. The first kappa shape index (κ1) is 15.9. The van der Waals surface area contributed by atoms with Crippen LogP contribution in [0.5, 0.6) is 0 Å². The molecular weight excluding hydrogens is 288 g/mol. The standard InChI is InChI=1S/C15H18N2O5/c1-2-3-8-22-15(19)10-16-13-6-5-12(17(20)21)9-11(13)4-7-14(16)18/h5-6,9H,2-4,7-8,10H2,1H3. The second-order valence-electron chi connectivity index (χ2n) is 5.12. The number of nitrogens with zero attached hydrogens (tertiary/aromatic N) is 2. The maximum absolute atomic E-state index is 12.0. The van der Waals surface area contributed by atoms with Gasteiger partial charge in [-0.25, -0.2) is 0 Å². The number of hydrogen-bond donors (Lipinski definition) is 0. The number of fused-ring (bicyclic) bond motifs is 1. The lowest BCUT2D eigenvalue weighted by atomic mass is 10.0. The minimum atomic E-state index is -0.472. The fourth-order valence-corrected chi connectivity index (χ4v) is 2.34. The number of hydrogen-bond acceptors (Lipinski definition) is 5. The number of unbranched alkanes of at least 4 members (excludes halogenated alkanes) is 1. The third-order valence-corrected chi connectivity index (χ3v) is 3.52. The molecule has 22 heavy (non-hydrogen) atoms. The van der Waals surface area contributed by atoms with Crippen LogP contribution in [-0.4, -0.2) is 30.0 Å². The molecule has 1 aliphatic rings. The Hall–Kier alpha value is -2.44. The van der Waals surface area contributed by atoms with E-state index < -0.39 is 10.9 Å². The summed E-state index contributed by atoms with van der Waals surface area (Å²) in [5.74, 6) is -0.637. The zero-order valence-electron chi connectivity index (χ0n) is 12.4. The van der Waals surface area contributed by atoms with Gasteiger partial charge in [-0.05, 0) is 24.5 Å². The topological polar surface area (TPSA) is 89.8 Å². The molecule has 7 nitrogen and oxygen atoms in total. The number of carbonyl (C=O) groups excluding carboxylic acids is 2. The average Bonchev–Trinajstić information content (AvgIpc) is 2.50. The zero-order valence-corrected chi connectivity index (χ0v) is 12.4. The van der Waals surface area contributed by atoms with Crippen LogP contribution in [-0.2, 0) is 20.7 Å². The van der Waals surface area contributed by atoms with E-state index in [1.807, 2.05) is 6.92 Å². The summed E-state index contributed by atoms with van der Waals surface area (Å²) in [5.41, 5.74) is 1.24. The van der Waals surface area contributed by atoms with E-state index in [1.54, 1.807) is 0 Å². The van der Waals surface area contributed by atoms with E-state index in [2.05, 4.69) is 0 Å². The van der Waals surface area contributed by atoms with Gasteiger partial charge in [0, 0.05) is 24.2 Å². The molecule has 0 saturated carbocycles. The van der Waals surface area contributed by atoms with Crippen LogP contribution in [0.2, 0.25) is 0 Å². The molecule has 0 spiro atoms. The van der Waals surface area contributed by atoms with Gasteiger partial charge < -0.3 is 9.64 Å². The van der Waals surface area contributed by atoms with Gasteiger partial charge in [0.05, 0.1) is 11.5 Å². The highest BCUT2D eigenvalue weighted by Gasteiger charge is 2.27. The van der Waals surface area contributed by atoms with E-state index in [1.165, 1.54) is 23.1 Å². The molecule has 0 aliphatic carbocycles. The van der Waals surface area contributed by atoms with Crippen LogP contribution in [0, 0.1) is 10.1 Å². The molecule has 1 heterocycles. The van der Waals surface area contributed by atoms with Crippen LogP contribution < -0.4 is 4.90 Å². The van der Waals surface area contributed by atoms with Gasteiger partial charge in [0.25, 0.3) is 5.69 Å². The summed E-state index contributed by atoms with van der Waals surface area (Å²) in [6, 6.07) is 4.31. The number of carbonyl (C=O) groups is 2. The largest absolute Gasteiger partial charge is 0.464 e. The van der Waals surface area contributed by atoms with Gasteiger partial charge in [-0.1, -0.05) is 13.3 Å². The maximum atomic E-state index is 12.0. The highest BCUT2D eigenvalue weighted by molar-refractivity contribution is 6.00. The van der Waals surface area contributed by atoms with Crippen molar-refractivity contribution in [3.63, 3.8) is 0 Å². The van der Waals surface area contributed by atoms with Gasteiger partial charge in [0.2, 0.25) is 5.91 Å². The van der Waals surface area contributed by atoms with Crippen molar-refractivity contribution in [2.45, 2.75) is 32.6 Å². The number of esters is 1. The molecular formula is C15H18N2O5. The molecule has 1 aromatic rings. The second-order valence-corrected chi connectivity index (χ2v) is 5.12. The number of non-ortho nitro benzene ring substituents is 1. The summed E-state index contributed by atoms with van der Waals surface area (Å²) >= 11 is 0. The smallest absolute Gasteiger partial charge is 0.326 e. The Bertz CT molecular complexity index is 600. The molecule has 7 heteroatoms. The Morgan fingerprint density at radius 2 is 2.18 bits per heavy atom. The first-order chi connectivity index (χ1) is 10.5. The predicted octanol–water partition coefficient (Wildman–Crippen LogP) is 2.22. The van der Waals surface area contributed by atoms with Crippen molar-refractivity contribution in [1.82, 2.24) is 0 Å². The van der Waals surface area contributed by atoms with Gasteiger partial charge in [-0.15, -0.1) is 0 Å². The fraction of sp³-hybridized carbons (Fsp3) is 0.467. The van der Waals surface area contributed by atoms with E-state index in [0.717, 1.165) is 12.8 Å². The molecule has 1 aromatic carbocycles. The fourth-order valence-electron chi connectivity index (χ4n) is 2.34. The third kappa shape index (κ3) is 3.60. The quantitative estimate of drug-likeness (QED) is 0.348. The summed E-state index contributed by atoms with van der Waals surface area (Å²) in [6.45, 7) is 2.17. The minimum absolute atomic E-state index is 0.0152. The number of rotatable bonds is 6. The normalized spacial score (nSPS) is 13.7. The zero-order chi connectivity index (χ0) is 16.1. The van der Waals surface area contributed by atoms with Gasteiger partial charge in [-0.3, -0.25) is 19.7 Å². The first-order valence-electron chi connectivity index (χ1n) is 7.26. The average molecular weight is 306 g/mol. The number of benzene rings is 1. The minimum Gasteiger partial charge on any atom is -0.464 e. The Balaban J connectivity index is 2.14. The van der Waals surface area contributed by atoms with Crippen LogP contribution in [0.25, 0.3) is 0 Å². The van der Waals surface area contributed by atoms with Crippen molar-refractivity contribution >= 4 is 23.3 Å². The number of ether oxygens (including phenoxy) is 1. The Morgan fingerprint density at radius 1 is 1.41 bits per heavy atom. The van der Waals surface area contributed by atoms with Crippen molar-refractivity contribution in [1.29, 1.82) is 0 Å². The van der Waals surface area contributed by atoms with Crippen LogP contribution in [0.15, 0.2) is 18.2 Å². The predicted molar refractivity (Wildman–Crippen MR) is 79.6 cm³/mol. The summed E-state index contributed by atoms with van der Waals surface area (Å²) in [4.78, 5) is 35.5. The highest BCUT2D eigenvalue weighted by Crippen LogP contribution is 2.30. The molecule has 0 bridgehead atoms. The lowest BCUT2D eigenvalue weighted by molar-refractivity contribution is -0.384. The summed E-state index contributed by atoms with van der Waals surface area (Å²) in [7, 11) is 0. The molecule has 0 unspecified atom stereocenters. The van der Waals surface area contributed by atoms with Crippen molar-refractivity contribution in [3.05, 3.63) is 33.9 Å². The van der Waals surface area contributed by atoms with E-state index >= 15 is 0 Å². The molecule has 2 rings (SSSR count). The molecule has 1 amide bonds. The van der Waals surface area contributed by atoms with Crippen molar-refractivity contribution in [2.24, 2.45) is 0 Å². The summed E-state index contributed by atoms with van der Waals surface area (Å²) in [5, 5.41) is 10.8. The Kier molecular flexibility index (Phi) is 5.08. The summed E-state index contributed by atoms with van der Waals surface area (Å²) < 4.78 is 5.07. The molecule has 0 N–H and O–H groups in total. The maximum Gasteiger partial charge on any atom is 0.326 e. The molecule has 1 aliphatic heterocycles. The lowest BCUT2D eigenvalue weighted by Crippen LogP contribution is -2.39. The number of anilines is 1. The van der Waals surface area contributed by atoms with Crippen molar-refractivity contribution < 1.29 is 19.2 Å². The molecule has 0 radical (unpaired) electrons. The Morgan fingerprint density at radius 3 is 2.86 bits per heavy atom. The third-order valence-electron chi connectivity index (χ3n) is 3.52. The monoisotopic (exact) mass is 306 g/mol. The van der Waals surface area contributed by atoms with Crippen LogP contribution in [0.1, 0.15) is 31.7 Å². The van der Waals surface area contributed by atoms with E-state index in [4.69, 9.17) is 4.74 Å². The highest BCUT2D eigenvalue weighted by atomic mass is 16.6. The van der Waals surface area contributed by atoms with Gasteiger partial charge >= 0.3 is 5.97 Å². The Labute approximate surface area is 128 Å². The van der Waals surface area contributed by atoms with E-state index in [-0.39, 0.29) is 24.6 Å². The number of amides is 1.